The van der Waals surface area contributed by atoms with E-state index in [1.54, 1.807) is 7.11 Å². The van der Waals surface area contributed by atoms with Crippen molar-refractivity contribution in [1.29, 1.82) is 0 Å². The molecule has 0 bridgehead atoms. The van der Waals surface area contributed by atoms with E-state index in [0.29, 0.717) is 6.04 Å². The predicted octanol–water partition coefficient (Wildman–Crippen LogP) is 1.41. The first kappa shape index (κ1) is 10.5. The van der Waals surface area contributed by atoms with E-state index in [2.05, 4.69) is 9.74 Å². The maximum Gasteiger partial charge on any atom is 0.226 e. The van der Waals surface area contributed by atoms with E-state index in [1.807, 2.05) is 0 Å². The molecule has 3 nitrogen and oxygen atoms in total. The van der Waals surface area contributed by atoms with Crippen LogP contribution >= 0.6 is 0 Å². The minimum Gasteiger partial charge on any atom is -0.385 e. The van der Waals surface area contributed by atoms with Gasteiger partial charge >= 0.3 is 0 Å². The fourth-order valence-electron chi connectivity index (χ4n) is 1.70. The molecule has 0 N–H and O–H groups in total. The molecule has 1 rings (SSSR count). The van der Waals surface area contributed by atoms with Crippen LogP contribution in [0.4, 0.5) is 0 Å². The van der Waals surface area contributed by atoms with Crippen molar-refractivity contribution in [2.45, 2.75) is 25.3 Å². The summed E-state index contributed by atoms with van der Waals surface area (Å²) in [5.41, 5.74) is 0. The van der Waals surface area contributed by atoms with Gasteiger partial charge in [0, 0.05) is 46.2 Å². The molecule has 0 aliphatic carbocycles. The van der Waals surface area contributed by atoms with Crippen molar-refractivity contribution in [3.63, 3.8) is 0 Å². The van der Waals surface area contributed by atoms with Gasteiger partial charge in [-0.3, -0.25) is 0 Å². The Morgan fingerprint density at radius 1 is 1.46 bits per heavy atom. The first-order chi connectivity index (χ1) is 6.36. The Kier molecular flexibility index (Phi) is 4.81. The van der Waals surface area contributed by atoms with Gasteiger partial charge < -0.3 is 14.5 Å². The summed E-state index contributed by atoms with van der Waals surface area (Å²) < 4.78 is 5.00. The maximum absolute atomic E-state index is 6.92. The number of piperidine rings is 1. The van der Waals surface area contributed by atoms with Crippen LogP contribution in [0.3, 0.4) is 0 Å². The summed E-state index contributed by atoms with van der Waals surface area (Å²) in [6.45, 7) is 11.1. The molecule has 0 aromatic heterocycles. The Morgan fingerprint density at radius 3 is 2.69 bits per heavy atom. The van der Waals surface area contributed by atoms with Crippen molar-refractivity contribution in [3.05, 3.63) is 11.4 Å². The van der Waals surface area contributed by atoms with Crippen molar-refractivity contribution >= 4 is 0 Å². The Hall–Kier alpha value is -0.590. The van der Waals surface area contributed by atoms with Crippen molar-refractivity contribution in [3.8, 4) is 0 Å². The summed E-state index contributed by atoms with van der Waals surface area (Å²) >= 11 is 0. The molecule has 0 unspecified atom stereocenters. The molecular formula is C10H18N2O. The monoisotopic (exact) mass is 182 g/mol. The lowest BCUT2D eigenvalue weighted by atomic mass is 10.1. The van der Waals surface area contributed by atoms with Crippen LogP contribution in [-0.4, -0.2) is 44.3 Å². The van der Waals surface area contributed by atoms with Crippen LogP contribution in [0.15, 0.2) is 0 Å². The number of methoxy groups -OCH3 is 1. The van der Waals surface area contributed by atoms with E-state index in [-0.39, 0.29) is 0 Å². The largest absolute Gasteiger partial charge is 0.385 e. The van der Waals surface area contributed by atoms with Gasteiger partial charge in [0.25, 0.3) is 0 Å². The normalized spacial score (nSPS) is 20.0. The van der Waals surface area contributed by atoms with E-state index >= 15 is 0 Å². The molecule has 3 heteroatoms. The van der Waals surface area contributed by atoms with Crippen LogP contribution in [0.2, 0.25) is 0 Å². The molecule has 74 valence electrons. The number of hydrogen-bond acceptors (Lipinski definition) is 2. The summed E-state index contributed by atoms with van der Waals surface area (Å²) in [4.78, 5) is 6.01. The molecule has 1 aliphatic rings. The lowest BCUT2D eigenvalue weighted by Gasteiger charge is -2.26. The van der Waals surface area contributed by atoms with Gasteiger partial charge in [-0.25, -0.2) is 6.57 Å². The molecule has 0 amide bonds. The molecule has 0 saturated carbocycles. The zero-order valence-corrected chi connectivity index (χ0v) is 8.33. The van der Waals surface area contributed by atoms with Crippen LogP contribution < -0.4 is 0 Å². The third kappa shape index (κ3) is 3.75. The van der Waals surface area contributed by atoms with Crippen LogP contribution in [-0.2, 0) is 4.74 Å². The lowest BCUT2D eigenvalue weighted by Crippen LogP contribution is -2.35. The summed E-state index contributed by atoms with van der Waals surface area (Å²) in [6.07, 6.45) is 3.21. The van der Waals surface area contributed by atoms with Gasteiger partial charge in [-0.05, 0) is 6.42 Å². The first-order valence-corrected chi connectivity index (χ1v) is 4.94. The number of nitrogens with zero attached hydrogens (tertiary/aromatic N) is 2. The molecule has 0 radical (unpaired) electrons. The SMILES string of the molecule is [C-]#[N+]C1CCN(CCCOC)CC1. The minimum absolute atomic E-state index is 0.290. The predicted molar refractivity (Wildman–Crippen MR) is 52.6 cm³/mol. The lowest BCUT2D eigenvalue weighted by molar-refractivity contribution is 0.160. The molecule has 1 aliphatic heterocycles. The Balaban J connectivity index is 2.08. The summed E-state index contributed by atoms with van der Waals surface area (Å²) in [6, 6.07) is 0.290. The van der Waals surface area contributed by atoms with Crippen molar-refractivity contribution in [2.75, 3.05) is 33.4 Å². The average Bonchev–Trinajstić information content (AvgIpc) is 2.19. The van der Waals surface area contributed by atoms with Gasteiger partial charge in [0.1, 0.15) is 0 Å². The highest BCUT2D eigenvalue weighted by molar-refractivity contribution is 4.84. The molecule has 13 heavy (non-hydrogen) atoms. The summed E-state index contributed by atoms with van der Waals surface area (Å²) in [7, 11) is 1.74. The topological polar surface area (TPSA) is 16.8 Å². The highest BCUT2D eigenvalue weighted by Gasteiger charge is 2.21. The maximum atomic E-state index is 6.92. The standard InChI is InChI=1S/C10H18N2O/c1-11-10-4-7-12(8-5-10)6-3-9-13-2/h10H,3-9H2,2H3. The van der Waals surface area contributed by atoms with Crippen molar-refractivity contribution in [2.24, 2.45) is 0 Å². The molecule has 1 saturated heterocycles. The van der Waals surface area contributed by atoms with E-state index in [0.717, 1.165) is 45.5 Å². The van der Waals surface area contributed by atoms with Crippen molar-refractivity contribution in [1.82, 2.24) is 4.90 Å². The highest BCUT2D eigenvalue weighted by Crippen LogP contribution is 2.13. The van der Waals surface area contributed by atoms with Gasteiger partial charge in [-0.2, -0.15) is 0 Å². The van der Waals surface area contributed by atoms with Gasteiger partial charge in [-0.15, -0.1) is 0 Å². The van der Waals surface area contributed by atoms with Crippen LogP contribution in [0, 0.1) is 6.57 Å². The second-order valence-corrected chi connectivity index (χ2v) is 3.55. The first-order valence-electron chi connectivity index (χ1n) is 4.94. The number of ether oxygens (including phenoxy) is 1. The van der Waals surface area contributed by atoms with Gasteiger partial charge in [0.15, 0.2) is 0 Å². The minimum atomic E-state index is 0.290. The Labute approximate surface area is 80.5 Å². The van der Waals surface area contributed by atoms with Crippen LogP contribution in [0.5, 0.6) is 0 Å². The number of rotatable bonds is 4. The summed E-state index contributed by atoms with van der Waals surface area (Å²) in [5, 5.41) is 0. The zero-order valence-electron chi connectivity index (χ0n) is 8.33. The third-order valence-electron chi connectivity index (χ3n) is 2.56. The van der Waals surface area contributed by atoms with Gasteiger partial charge in [0.05, 0.1) is 0 Å². The smallest absolute Gasteiger partial charge is 0.226 e. The number of hydrogen-bond donors (Lipinski definition) is 0. The molecule has 0 atom stereocenters. The van der Waals surface area contributed by atoms with Crippen molar-refractivity contribution < 1.29 is 4.74 Å². The van der Waals surface area contributed by atoms with Crippen LogP contribution in [0.1, 0.15) is 19.3 Å². The second kappa shape index (κ2) is 5.95. The summed E-state index contributed by atoms with van der Waals surface area (Å²) in [5.74, 6) is 0. The Bertz CT molecular complexity index is 168. The fourth-order valence-corrected chi connectivity index (χ4v) is 1.70. The van der Waals surface area contributed by atoms with E-state index < -0.39 is 0 Å². The van der Waals surface area contributed by atoms with Gasteiger partial charge in [0.2, 0.25) is 6.04 Å². The highest BCUT2D eigenvalue weighted by atomic mass is 16.5. The second-order valence-electron chi connectivity index (χ2n) is 3.55. The quantitative estimate of drug-likeness (QED) is 0.483. The molecule has 1 fully saturated rings. The van der Waals surface area contributed by atoms with Crippen LogP contribution in [0.25, 0.3) is 4.85 Å². The van der Waals surface area contributed by atoms with E-state index in [4.69, 9.17) is 11.3 Å². The number of likely N-dealkylation sites (tertiary alicyclic amines) is 1. The molecular weight excluding hydrogens is 164 g/mol. The molecule has 0 aromatic rings. The van der Waals surface area contributed by atoms with Gasteiger partial charge in [-0.1, -0.05) is 0 Å². The molecule has 0 aromatic carbocycles. The Morgan fingerprint density at radius 2 is 2.15 bits per heavy atom. The van der Waals surface area contributed by atoms with E-state index in [1.165, 1.54) is 0 Å². The fraction of sp³-hybridized carbons (Fsp3) is 0.900. The third-order valence-corrected chi connectivity index (χ3v) is 2.56. The molecule has 1 heterocycles. The average molecular weight is 182 g/mol. The molecule has 0 spiro atoms. The van der Waals surface area contributed by atoms with E-state index in [9.17, 15) is 0 Å². The zero-order chi connectivity index (χ0) is 9.52.